The first-order chi connectivity index (χ1) is 17.7. The predicted molar refractivity (Wildman–Crippen MR) is 141 cm³/mol. The van der Waals surface area contributed by atoms with E-state index in [9.17, 15) is 19.8 Å². The number of nitrogens with zero attached hydrogens (tertiary/aromatic N) is 3. The number of rotatable bonds is 12. The number of ether oxygens (including phenoxy) is 1. The zero-order valence-electron chi connectivity index (χ0n) is 22.2. The summed E-state index contributed by atoms with van der Waals surface area (Å²) in [5.41, 5.74) is 1.41. The Morgan fingerprint density at radius 1 is 1.27 bits per heavy atom. The minimum absolute atomic E-state index is 0.127. The Bertz CT molecular complexity index is 936. The average molecular weight is 518 g/mol. The van der Waals surface area contributed by atoms with Crippen LogP contribution < -0.4 is 10.6 Å². The summed E-state index contributed by atoms with van der Waals surface area (Å²) in [6, 6.07) is 2.93. The van der Waals surface area contributed by atoms with Gasteiger partial charge in [0.1, 0.15) is 11.9 Å². The third-order valence-electron chi connectivity index (χ3n) is 7.50. The van der Waals surface area contributed by atoms with Crippen molar-refractivity contribution in [3.8, 4) is 0 Å². The van der Waals surface area contributed by atoms with Crippen LogP contribution in [0.4, 0.5) is 5.82 Å². The molecule has 0 aliphatic carbocycles. The van der Waals surface area contributed by atoms with Gasteiger partial charge in [0.15, 0.2) is 0 Å². The Balaban J connectivity index is 1.18. The van der Waals surface area contributed by atoms with Crippen LogP contribution in [0.2, 0.25) is 0 Å². The zero-order chi connectivity index (χ0) is 26.4. The summed E-state index contributed by atoms with van der Waals surface area (Å²) in [5, 5.41) is 26.0. The highest BCUT2D eigenvalue weighted by atomic mass is 16.5. The molecule has 0 saturated carbocycles. The van der Waals surface area contributed by atoms with E-state index in [4.69, 9.17) is 9.72 Å². The highest BCUT2D eigenvalue weighted by Gasteiger charge is 2.35. The van der Waals surface area contributed by atoms with E-state index in [1.165, 1.54) is 5.56 Å². The smallest absolute Gasteiger partial charge is 0.326 e. The molecule has 2 saturated heterocycles. The molecule has 0 bridgehead atoms. The molecule has 4 rings (SSSR count). The number of aryl methyl sites for hydroxylation is 1. The lowest BCUT2D eigenvalue weighted by molar-refractivity contribution is -0.143. The second-order valence-electron chi connectivity index (χ2n) is 11.3. The SMILES string of the molecule is CC(C)(O)CN1CCC[C@H]1C(=O)NC(CCN1CC[C@@H](OCCc2ccc3c(n2)NCCC3)C1)C(=O)O. The number of carbonyl (C=O) groups is 2. The molecular formula is C27H43N5O5. The van der Waals surface area contributed by atoms with Gasteiger partial charge >= 0.3 is 5.97 Å². The molecule has 10 heteroatoms. The molecule has 1 amide bonds. The highest BCUT2D eigenvalue weighted by Crippen LogP contribution is 2.22. The molecule has 1 unspecified atom stereocenters. The van der Waals surface area contributed by atoms with Crippen molar-refractivity contribution in [1.82, 2.24) is 20.1 Å². The molecule has 0 spiro atoms. The minimum atomic E-state index is -1.01. The standard InChI is InChI=1S/C27H43N5O5/c1-27(2,36)18-32-13-4-6-23(32)25(33)30-22(26(34)35)10-15-31-14-9-21(17-31)37-16-11-20-8-7-19-5-3-12-28-24(19)29-20/h7-8,21-23,36H,3-6,9-18H2,1-2H3,(H,28,29)(H,30,33)(H,34,35)/t21-,22?,23+/m1/s1. The number of carboxylic acid groups (broad SMARTS) is 1. The van der Waals surface area contributed by atoms with Gasteiger partial charge in [0.2, 0.25) is 5.91 Å². The summed E-state index contributed by atoms with van der Waals surface area (Å²) in [4.78, 5) is 33.6. The molecular weight excluding hydrogens is 474 g/mol. The van der Waals surface area contributed by atoms with Crippen LogP contribution >= 0.6 is 0 Å². The first kappa shape index (κ1) is 27.8. The van der Waals surface area contributed by atoms with Crippen LogP contribution in [0.1, 0.15) is 57.2 Å². The van der Waals surface area contributed by atoms with Gasteiger partial charge in [-0.2, -0.15) is 0 Å². The Kier molecular flexibility index (Phi) is 9.39. The molecule has 37 heavy (non-hydrogen) atoms. The van der Waals surface area contributed by atoms with E-state index in [0.29, 0.717) is 32.5 Å². The summed E-state index contributed by atoms with van der Waals surface area (Å²) < 4.78 is 6.11. The number of carbonyl (C=O) groups excluding carboxylic acids is 1. The van der Waals surface area contributed by atoms with E-state index < -0.39 is 23.7 Å². The number of hydrogen-bond donors (Lipinski definition) is 4. The maximum Gasteiger partial charge on any atom is 0.326 e. The van der Waals surface area contributed by atoms with Gasteiger partial charge in [-0.3, -0.25) is 9.69 Å². The number of pyridine rings is 1. The van der Waals surface area contributed by atoms with E-state index >= 15 is 0 Å². The largest absolute Gasteiger partial charge is 0.480 e. The van der Waals surface area contributed by atoms with Crippen molar-refractivity contribution in [3.05, 3.63) is 23.4 Å². The van der Waals surface area contributed by atoms with Crippen molar-refractivity contribution in [1.29, 1.82) is 0 Å². The quantitative estimate of drug-likeness (QED) is 0.324. The second kappa shape index (κ2) is 12.5. The van der Waals surface area contributed by atoms with E-state index in [-0.39, 0.29) is 12.0 Å². The Labute approximate surface area is 219 Å². The summed E-state index contributed by atoms with van der Waals surface area (Å²) in [6.45, 7) is 8.35. The Hall–Kier alpha value is -2.27. The number of hydrogen-bond acceptors (Lipinski definition) is 8. The molecule has 1 aromatic rings. The van der Waals surface area contributed by atoms with Crippen molar-refractivity contribution in [2.24, 2.45) is 0 Å². The van der Waals surface area contributed by atoms with Gasteiger partial charge < -0.3 is 30.5 Å². The predicted octanol–water partition coefficient (Wildman–Crippen LogP) is 1.27. The molecule has 1 aromatic heterocycles. The molecule has 2 fully saturated rings. The number of aliphatic hydroxyl groups is 1. The average Bonchev–Trinajstić information content (AvgIpc) is 3.49. The van der Waals surface area contributed by atoms with Crippen LogP contribution in [0.15, 0.2) is 12.1 Å². The van der Waals surface area contributed by atoms with E-state index in [1.54, 1.807) is 13.8 Å². The van der Waals surface area contributed by atoms with Crippen molar-refractivity contribution >= 4 is 17.7 Å². The maximum atomic E-state index is 12.9. The van der Waals surface area contributed by atoms with Crippen LogP contribution in [0.25, 0.3) is 0 Å². The van der Waals surface area contributed by atoms with Crippen molar-refractivity contribution in [3.63, 3.8) is 0 Å². The molecule has 3 aliphatic heterocycles. The number of amides is 1. The number of β-amino-alcohol motifs (C(OH)–C–C–N with tert-alkyl or cyclic N) is 1. The summed E-state index contributed by atoms with van der Waals surface area (Å²) in [7, 11) is 0. The molecule has 4 N–H and O–H groups in total. The maximum absolute atomic E-state index is 12.9. The van der Waals surface area contributed by atoms with E-state index in [1.807, 2.05) is 4.90 Å². The topological polar surface area (TPSA) is 127 Å². The van der Waals surface area contributed by atoms with Crippen LogP contribution in [-0.2, 0) is 27.2 Å². The molecule has 3 atom stereocenters. The normalized spacial score (nSPS) is 23.4. The number of likely N-dealkylation sites (tertiary alicyclic amines) is 2. The van der Waals surface area contributed by atoms with E-state index in [0.717, 1.165) is 69.8 Å². The lowest BCUT2D eigenvalue weighted by atomic mass is 10.1. The Morgan fingerprint density at radius 2 is 2.11 bits per heavy atom. The van der Waals surface area contributed by atoms with Gasteiger partial charge in [-0.05, 0) is 70.5 Å². The fraction of sp³-hybridized carbons (Fsp3) is 0.741. The third kappa shape index (κ3) is 8.10. The van der Waals surface area contributed by atoms with Crippen molar-refractivity contribution < 1.29 is 24.5 Å². The number of nitrogens with one attached hydrogen (secondary N) is 2. The molecule has 0 radical (unpaired) electrons. The summed E-state index contributed by atoms with van der Waals surface area (Å²) in [5.74, 6) is -0.268. The van der Waals surface area contributed by atoms with Crippen LogP contribution in [0.5, 0.6) is 0 Å². The number of aliphatic carboxylic acids is 1. The monoisotopic (exact) mass is 517 g/mol. The molecule has 0 aromatic carbocycles. The second-order valence-corrected chi connectivity index (χ2v) is 11.3. The molecule has 206 valence electrons. The minimum Gasteiger partial charge on any atom is -0.480 e. The van der Waals surface area contributed by atoms with Crippen LogP contribution in [-0.4, -0.2) is 107 Å². The van der Waals surface area contributed by atoms with Gasteiger partial charge in [0, 0.05) is 44.8 Å². The van der Waals surface area contributed by atoms with Gasteiger partial charge in [0.05, 0.1) is 24.4 Å². The van der Waals surface area contributed by atoms with Gasteiger partial charge in [-0.1, -0.05) is 6.07 Å². The van der Waals surface area contributed by atoms with Gasteiger partial charge in [0.25, 0.3) is 0 Å². The van der Waals surface area contributed by atoms with Gasteiger partial charge in [-0.25, -0.2) is 9.78 Å². The number of fused-ring (bicyclic) bond motifs is 1. The van der Waals surface area contributed by atoms with Crippen LogP contribution in [0, 0.1) is 0 Å². The molecule has 10 nitrogen and oxygen atoms in total. The summed E-state index contributed by atoms with van der Waals surface area (Å²) in [6.07, 6.45) is 5.92. The highest BCUT2D eigenvalue weighted by molar-refractivity contribution is 5.87. The lowest BCUT2D eigenvalue weighted by Gasteiger charge is -2.30. The fourth-order valence-electron chi connectivity index (χ4n) is 5.62. The number of carboxylic acids is 1. The van der Waals surface area contributed by atoms with Crippen molar-refractivity contribution in [2.45, 2.75) is 82.6 Å². The lowest BCUT2D eigenvalue weighted by Crippen LogP contribution is -2.52. The van der Waals surface area contributed by atoms with Crippen molar-refractivity contribution in [2.75, 3.05) is 51.2 Å². The van der Waals surface area contributed by atoms with Gasteiger partial charge in [-0.15, -0.1) is 0 Å². The first-order valence-corrected chi connectivity index (χ1v) is 13.7. The van der Waals surface area contributed by atoms with Crippen LogP contribution in [0.3, 0.4) is 0 Å². The fourth-order valence-corrected chi connectivity index (χ4v) is 5.62. The number of anilines is 1. The van der Waals surface area contributed by atoms with E-state index in [2.05, 4.69) is 27.7 Å². The number of aromatic nitrogens is 1. The molecule has 3 aliphatic rings. The summed E-state index contributed by atoms with van der Waals surface area (Å²) >= 11 is 0. The first-order valence-electron chi connectivity index (χ1n) is 13.7. The molecule has 4 heterocycles. The third-order valence-corrected chi connectivity index (χ3v) is 7.50. The Morgan fingerprint density at radius 3 is 2.89 bits per heavy atom. The zero-order valence-corrected chi connectivity index (χ0v) is 22.2.